The summed E-state index contributed by atoms with van der Waals surface area (Å²) in [5, 5.41) is 10.5. The molecule has 3 aromatic carbocycles. The zero-order chi connectivity index (χ0) is 36.0. The zero-order valence-corrected chi connectivity index (χ0v) is 27.9. The number of anilines is 1. The van der Waals surface area contributed by atoms with E-state index in [0.29, 0.717) is 34.9 Å². The van der Waals surface area contributed by atoms with Crippen molar-refractivity contribution >= 4 is 23.5 Å². The standard InChI is InChI=1S/C37H38F4N6O3/c1-4-46-35-32(29(44-47(35)28-13-6-5-7-14-28)15-9-16-30(48)42-21-10-22-45(2)3)31(24-17-19-27(38)20-18-24)33(36(46)50)43-34(49)25-11-8-12-26(23-25)37(39,40)41/h5-9,11-14,16-20,23,31,33H,4,10,15,21-22H2,1-3H3,(H,42,48)(H,43,49)/b16-9+. The topological polar surface area (TPSA) is 99.6 Å². The molecule has 9 nitrogen and oxygen atoms in total. The van der Waals surface area contributed by atoms with Gasteiger partial charge in [-0.25, -0.2) is 9.07 Å². The Morgan fingerprint density at radius 3 is 2.38 bits per heavy atom. The first-order chi connectivity index (χ1) is 23.9. The van der Waals surface area contributed by atoms with Crippen molar-refractivity contribution in [1.82, 2.24) is 25.3 Å². The first-order valence-electron chi connectivity index (χ1n) is 16.2. The van der Waals surface area contributed by atoms with Gasteiger partial charge in [0.2, 0.25) is 5.91 Å². The van der Waals surface area contributed by atoms with Crippen molar-refractivity contribution in [3.8, 4) is 5.69 Å². The minimum absolute atomic E-state index is 0.158. The predicted molar refractivity (Wildman–Crippen MR) is 182 cm³/mol. The van der Waals surface area contributed by atoms with Gasteiger partial charge in [0.1, 0.15) is 17.7 Å². The predicted octanol–water partition coefficient (Wildman–Crippen LogP) is 5.49. The monoisotopic (exact) mass is 690 g/mol. The Balaban J connectivity index is 1.60. The van der Waals surface area contributed by atoms with E-state index < -0.39 is 41.3 Å². The van der Waals surface area contributed by atoms with Crippen LogP contribution in [-0.2, 0) is 22.2 Å². The molecule has 0 spiro atoms. The second kappa shape index (κ2) is 15.5. The number of rotatable bonds is 12. The maximum Gasteiger partial charge on any atom is 0.416 e. The quantitative estimate of drug-likeness (QED) is 0.116. The molecule has 1 aromatic heterocycles. The van der Waals surface area contributed by atoms with E-state index in [9.17, 15) is 31.9 Å². The lowest BCUT2D eigenvalue weighted by molar-refractivity contribution is -0.137. The lowest BCUT2D eigenvalue weighted by atomic mass is 9.80. The molecular formula is C37H38F4N6O3. The number of hydrogen-bond acceptors (Lipinski definition) is 5. The molecule has 0 fully saturated rings. The number of amides is 3. The molecule has 13 heteroatoms. The highest BCUT2D eigenvalue weighted by Crippen LogP contribution is 2.44. The molecular weight excluding hydrogens is 652 g/mol. The number of halogens is 4. The third-order valence-corrected chi connectivity index (χ3v) is 8.35. The van der Waals surface area contributed by atoms with Gasteiger partial charge in [0, 0.05) is 36.6 Å². The van der Waals surface area contributed by atoms with E-state index in [1.54, 1.807) is 17.7 Å². The lowest BCUT2D eigenvalue weighted by Crippen LogP contribution is -2.55. The van der Waals surface area contributed by atoms with Gasteiger partial charge in [-0.2, -0.15) is 18.3 Å². The van der Waals surface area contributed by atoms with Crippen LogP contribution in [0.1, 0.15) is 52.0 Å². The molecule has 2 heterocycles. The Hall–Kier alpha value is -5.30. The van der Waals surface area contributed by atoms with Crippen molar-refractivity contribution in [2.75, 3.05) is 38.6 Å². The Kier molecular flexibility index (Phi) is 11.2. The van der Waals surface area contributed by atoms with E-state index >= 15 is 0 Å². The fourth-order valence-electron chi connectivity index (χ4n) is 6.01. The number of para-hydroxylation sites is 1. The van der Waals surface area contributed by atoms with Crippen LogP contribution < -0.4 is 15.5 Å². The third-order valence-electron chi connectivity index (χ3n) is 8.35. The molecule has 2 unspecified atom stereocenters. The summed E-state index contributed by atoms with van der Waals surface area (Å²) in [6, 6.07) is 17.2. The van der Waals surface area contributed by atoms with Gasteiger partial charge in [-0.15, -0.1) is 0 Å². The number of nitrogens with one attached hydrogen (secondary N) is 2. The Morgan fingerprint density at radius 1 is 1.00 bits per heavy atom. The number of alkyl halides is 3. The molecule has 1 aliphatic rings. The van der Waals surface area contributed by atoms with Crippen LogP contribution in [0, 0.1) is 5.82 Å². The smallest absolute Gasteiger partial charge is 0.353 e. The van der Waals surface area contributed by atoms with Crippen LogP contribution in [0.5, 0.6) is 0 Å². The SMILES string of the molecule is CCN1C(=O)C(NC(=O)c2cccc(C(F)(F)F)c2)C(c2ccc(F)cc2)c2c(C/C=C/C(=O)NCCCN(C)C)nn(-c3ccccc3)c21. The van der Waals surface area contributed by atoms with E-state index in [1.165, 1.54) is 41.3 Å². The van der Waals surface area contributed by atoms with Crippen LogP contribution in [0.3, 0.4) is 0 Å². The molecule has 0 aliphatic carbocycles. The highest BCUT2D eigenvalue weighted by atomic mass is 19.4. The maximum absolute atomic E-state index is 14.4. The van der Waals surface area contributed by atoms with Gasteiger partial charge in [0.05, 0.1) is 16.9 Å². The minimum Gasteiger partial charge on any atom is -0.353 e. The summed E-state index contributed by atoms with van der Waals surface area (Å²) in [5.41, 5.74) is 0.869. The zero-order valence-electron chi connectivity index (χ0n) is 27.9. The minimum atomic E-state index is -4.68. The van der Waals surface area contributed by atoms with Crippen LogP contribution in [0.25, 0.3) is 5.69 Å². The number of aromatic nitrogens is 2. The largest absolute Gasteiger partial charge is 0.416 e. The molecule has 2 atom stereocenters. The molecule has 0 saturated heterocycles. The average molecular weight is 691 g/mol. The lowest BCUT2D eigenvalue weighted by Gasteiger charge is -2.38. The summed E-state index contributed by atoms with van der Waals surface area (Å²) in [5.74, 6) is -2.70. The van der Waals surface area contributed by atoms with Crippen LogP contribution in [-0.4, -0.2) is 72.2 Å². The van der Waals surface area contributed by atoms with Crippen molar-refractivity contribution in [1.29, 1.82) is 0 Å². The van der Waals surface area contributed by atoms with E-state index in [1.807, 2.05) is 49.3 Å². The summed E-state index contributed by atoms with van der Waals surface area (Å²) < 4.78 is 56.4. The maximum atomic E-state index is 14.4. The number of fused-ring (bicyclic) bond motifs is 1. The Morgan fingerprint density at radius 2 is 1.72 bits per heavy atom. The number of carbonyl (C=O) groups excluding carboxylic acids is 3. The molecule has 0 radical (unpaired) electrons. The van der Waals surface area contributed by atoms with E-state index in [2.05, 4.69) is 10.6 Å². The summed E-state index contributed by atoms with van der Waals surface area (Å²) in [4.78, 5) is 44.1. The number of nitrogens with zero attached hydrogens (tertiary/aromatic N) is 4. The molecule has 1 aliphatic heterocycles. The van der Waals surface area contributed by atoms with Crippen molar-refractivity contribution in [2.24, 2.45) is 0 Å². The summed E-state index contributed by atoms with van der Waals surface area (Å²) >= 11 is 0. The van der Waals surface area contributed by atoms with Crippen molar-refractivity contribution < 1.29 is 31.9 Å². The number of carbonyl (C=O) groups is 3. The Labute approximate surface area is 287 Å². The third kappa shape index (κ3) is 8.11. The fourth-order valence-corrected chi connectivity index (χ4v) is 6.01. The van der Waals surface area contributed by atoms with Crippen molar-refractivity contribution in [2.45, 2.75) is 37.9 Å². The highest BCUT2D eigenvalue weighted by Gasteiger charge is 2.46. The van der Waals surface area contributed by atoms with E-state index in [-0.39, 0.29) is 24.4 Å². The van der Waals surface area contributed by atoms with Crippen molar-refractivity contribution in [3.05, 3.63) is 125 Å². The molecule has 4 aromatic rings. The molecule has 3 amide bonds. The number of allylic oxidation sites excluding steroid dienone is 1. The van der Waals surface area contributed by atoms with Gasteiger partial charge in [-0.1, -0.05) is 42.5 Å². The van der Waals surface area contributed by atoms with Crippen molar-refractivity contribution in [3.63, 3.8) is 0 Å². The summed E-state index contributed by atoms with van der Waals surface area (Å²) in [6.45, 7) is 3.23. The average Bonchev–Trinajstić information content (AvgIpc) is 3.46. The Bertz CT molecular complexity index is 1860. The van der Waals surface area contributed by atoms with Gasteiger partial charge in [-0.05, 0) is 88.1 Å². The second-order valence-corrected chi connectivity index (χ2v) is 12.1. The van der Waals surface area contributed by atoms with Gasteiger partial charge < -0.3 is 15.5 Å². The van der Waals surface area contributed by atoms with E-state index in [4.69, 9.17) is 5.10 Å². The molecule has 50 heavy (non-hydrogen) atoms. The normalized spacial score (nSPS) is 16.2. The molecule has 2 N–H and O–H groups in total. The summed E-state index contributed by atoms with van der Waals surface area (Å²) in [7, 11) is 3.90. The first-order valence-corrected chi connectivity index (χ1v) is 16.2. The van der Waals surface area contributed by atoms with Crippen LogP contribution in [0.4, 0.5) is 23.4 Å². The molecule has 0 saturated carbocycles. The van der Waals surface area contributed by atoms with E-state index in [0.717, 1.165) is 31.2 Å². The molecule has 262 valence electrons. The fraction of sp³-hybridized carbons (Fsp3) is 0.297. The number of likely N-dealkylation sites (N-methyl/N-ethyl adjacent to an activating group) is 1. The van der Waals surface area contributed by atoms with Crippen LogP contribution in [0.15, 0.2) is 91.0 Å². The van der Waals surface area contributed by atoms with Crippen LogP contribution >= 0.6 is 0 Å². The van der Waals surface area contributed by atoms with Gasteiger partial charge in [0.15, 0.2) is 0 Å². The van der Waals surface area contributed by atoms with Crippen LogP contribution in [0.2, 0.25) is 0 Å². The molecule has 5 rings (SSSR count). The van der Waals surface area contributed by atoms with Gasteiger partial charge in [-0.3, -0.25) is 19.3 Å². The second-order valence-electron chi connectivity index (χ2n) is 12.1. The number of benzene rings is 3. The molecule has 0 bridgehead atoms. The first kappa shape index (κ1) is 36.0. The highest BCUT2D eigenvalue weighted by molar-refractivity contribution is 6.05. The number of hydrogen-bond donors (Lipinski definition) is 2. The van der Waals surface area contributed by atoms with Gasteiger partial charge >= 0.3 is 6.18 Å². The van der Waals surface area contributed by atoms with Gasteiger partial charge in [0.25, 0.3) is 11.8 Å². The summed E-state index contributed by atoms with van der Waals surface area (Å²) in [6.07, 6.45) is -0.682.